The molecule has 0 unspecified atom stereocenters. The van der Waals surface area contributed by atoms with E-state index in [9.17, 15) is 8.42 Å². The monoisotopic (exact) mass is 256 g/mol. The van der Waals surface area contributed by atoms with E-state index in [-0.39, 0.29) is 0 Å². The molecule has 0 atom stereocenters. The molecule has 5 heteroatoms. The summed E-state index contributed by atoms with van der Waals surface area (Å²) in [6, 6.07) is 7.03. The van der Waals surface area contributed by atoms with Crippen LogP contribution < -0.4 is 10.0 Å². The van der Waals surface area contributed by atoms with Crippen LogP contribution in [0, 0.1) is 0 Å². The molecule has 1 aromatic rings. The van der Waals surface area contributed by atoms with E-state index in [4.69, 9.17) is 0 Å². The third-order valence-electron chi connectivity index (χ3n) is 2.44. The zero-order valence-electron chi connectivity index (χ0n) is 10.4. The van der Waals surface area contributed by atoms with Crippen LogP contribution in [-0.2, 0) is 16.4 Å². The van der Waals surface area contributed by atoms with Gasteiger partial charge in [0.05, 0.1) is 4.90 Å². The molecule has 4 nitrogen and oxygen atoms in total. The summed E-state index contributed by atoms with van der Waals surface area (Å²) in [6.07, 6.45) is 1.69. The summed E-state index contributed by atoms with van der Waals surface area (Å²) in [4.78, 5) is 0.333. The Hall–Kier alpha value is -0.910. The normalized spacial score (nSPS) is 11.6. The van der Waals surface area contributed by atoms with Crippen LogP contribution in [0.2, 0.25) is 0 Å². The van der Waals surface area contributed by atoms with E-state index < -0.39 is 10.0 Å². The molecule has 0 saturated carbocycles. The second kappa shape index (κ2) is 6.74. The third-order valence-corrected chi connectivity index (χ3v) is 3.92. The Labute approximate surface area is 103 Å². The minimum Gasteiger partial charge on any atom is -0.319 e. The zero-order valence-corrected chi connectivity index (χ0v) is 11.2. The van der Waals surface area contributed by atoms with Gasteiger partial charge in [0.25, 0.3) is 0 Å². The van der Waals surface area contributed by atoms with Crippen LogP contribution in [0.25, 0.3) is 0 Å². The quantitative estimate of drug-likeness (QED) is 0.769. The number of likely N-dealkylation sites (N-methyl/N-ethyl adjacent to an activating group) is 1. The number of benzene rings is 1. The lowest BCUT2D eigenvalue weighted by Gasteiger charge is -2.06. The van der Waals surface area contributed by atoms with Crippen molar-refractivity contribution < 1.29 is 8.42 Å². The lowest BCUT2D eigenvalue weighted by molar-refractivity contribution is 0.581. The molecular weight excluding hydrogens is 236 g/mol. The number of hydrogen-bond acceptors (Lipinski definition) is 3. The Morgan fingerprint density at radius 3 is 2.29 bits per heavy atom. The number of hydrogen-bond donors (Lipinski definition) is 2. The standard InChI is InChI=1S/C12H20N2O2S/c1-3-9-14-17(15,16)12-6-4-11(5-7-12)8-10-13-2/h4-7,13-14H,3,8-10H2,1-2H3. The van der Waals surface area contributed by atoms with Crippen LogP contribution in [0.15, 0.2) is 29.2 Å². The predicted octanol–water partition coefficient (Wildman–Crippen LogP) is 1.14. The van der Waals surface area contributed by atoms with Crippen LogP contribution >= 0.6 is 0 Å². The molecule has 0 bridgehead atoms. The summed E-state index contributed by atoms with van der Waals surface area (Å²) in [5, 5.41) is 3.06. The van der Waals surface area contributed by atoms with Crippen molar-refractivity contribution in [3.63, 3.8) is 0 Å². The molecule has 1 rings (SSSR count). The van der Waals surface area contributed by atoms with Crippen molar-refractivity contribution in [3.05, 3.63) is 29.8 Å². The van der Waals surface area contributed by atoms with Crippen LogP contribution in [0.5, 0.6) is 0 Å². The number of rotatable bonds is 7. The van der Waals surface area contributed by atoms with Crippen molar-refractivity contribution in [2.75, 3.05) is 20.1 Å². The van der Waals surface area contributed by atoms with Crippen molar-refractivity contribution in [1.82, 2.24) is 10.0 Å². The highest BCUT2D eigenvalue weighted by Crippen LogP contribution is 2.10. The number of sulfonamides is 1. The van der Waals surface area contributed by atoms with Gasteiger partial charge in [0.15, 0.2) is 0 Å². The maximum absolute atomic E-state index is 11.8. The van der Waals surface area contributed by atoms with Crippen LogP contribution in [-0.4, -0.2) is 28.6 Å². The predicted molar refractivity (Wildman–Crippen MR) is 69.6 cm³/mol. The van der Waals surface area contributed by atoms with E-state index in [1.165, 1.54) is 0 Å². The van der Waals surface area contributed by atoms with E-state index in [0.29, 0.717) is 11.4 Å². The zero-order chi connectivity index (χ0) is 12.7. The first-order valence-electron chi connectivity index (χ1n) is 5.83. The summed E-state index contributed by atoms with van der Waals surface area (Å²) < 4.78 is 26.1. The van der Waals surface area contributed by atoms with Crippen molar-refractivity contribution in [3.8, 4) is 0 Å². The minimum absolute atomic E-state index is 0.333. The lowest BCUT2D eigenvalue weighted by Crippen LogP contribution is -2.24. The topological polar surface area (TPSA) is 58.2 Å². The first-order chi connectivity index (χ1) is 8.10. The molecule has 0 spiro atoms. The summed E-state index contributed by atoms with van der Waals surface area (Å²) in [6.45, 7) is 3.30. The Morgan fingerprint density at radius 2 is 1.76 bits per heavy atom. The van der Waals surface area contributed by atoms with Crippen LogP contribution in [0.1, 0.15) is 18.9 Å². The van der Waals surface area contributed by atoms with Gasteiger partial charge >= 0.3 is 0 Å². The minimum atomic E-state index is -3.33. The smallest absolute Gasteiger partial charge is 0.240 e. The van der Waals surface area contributed by atoms with E-state index in [1.54, 1.807) is 12.1 Å². The second-order valence-electron chi connectivity index (χ2n) is 3.90. The van der Waals surface area contributed by atoms with Gasteiger partial charge in [0, 0.05) is 6.54 Å². The molecule has 0 aliphatic carbocycles. The molecule has 2 N–H and O–H groups in total. The first kappa shape index (κ1) is 14.2. The number of nitrogens with one attached hydrogen (secondary N) is 2. The van der Waals surface area contributed by atoms with Crippen molar-refractivity contribution in [2.45, 2.75) is 24.7 Å². The van der Waals surface area contributed by atoms with Gasteiger partial charge in [0.1, 0.15) is 0 Å². The van der Waals surface area contributed by atoms with Gasteiger partial charge in [0.2, 0.25) is 10.0 Å². The van der Waals surface area contributed by atoms with Crippen LogP contribution in [0.4, 0.5) is 0 Å². The van der Waals surface area contributed by atoms with E-state index in [0.717, 1.165) is 24.9 Å². The highest BCUT2D eigenvalue weighted by molar-refractivity contribution is 7.89. The average Bonchev–Trinajstić information content (AvgIpc) is 2.34. The van der Waals surface area contributed by atoms with Gasteiger partial charge in [-0.25, -0.2) is 13.1 Å². The summed E-state index contributed by atoms with van der Waals surface area (Å²) in [7, 11) is -1.43. The molecule has 0 fully saturated rings. The maximum Gasteiger partial charge on any atom is 0.240 e. The SMILES string of the molecule is CCCNS(=O)(=O)c1ccc(CCNC)cc1. The van der Waals surface area contributed by atoms with Gasteiger partial charge < -0.3 is 5.32 Å². The molecule has 17 heavy (non-hydrogen) atoms. The van der Waals surface area contributed by atoms with Gasteiger partial charge in [-0.15, -0.1) is 0 Å². The highest BCUT2D eigenvalue weighted by atomic mass is 32.2. The van der Waals surface area contributed by atoms with E-state index in [2.05, 4.69) is 10.0 Å². The highest BCUT2D eigenvalue weighted by Gasteiger charge is 2.12. The van der Waals surface area contributed by atoms with E-state index in [1.807, 2.05) is 26.1 Å². The summed E-state index contributed by atoms with van der Waals surface area (Å²) >= 11 is 0. The molecule has 1 aromatic carbocycles. The Kier molecular flexibility index (Phi) is 5.61. The van der Waals surface area contributed by atoms with Crippen molar-refractivity contribution in [1.29, 1.82) is 0 Å². The van der Waals surface area contributed by atoms with Gasteiger partial charge in [-0.1, -0.05) is 19.1 Å². The van der Waals surface area contributed by atoms with Crippen molar-refractivity contribution >= 4 is 10.0 Å². The second-order valence-corrected chi connectivity index (χ2v) is 5.66. The fourth-order valence-corrected chi connectivity index (χ4v) is 2.56. The molecule has 0 aliphatic rings. The average molecular weight is 256 g/mol. The molecule has 0 radical (unpaired) electrons. The Balaban J connectivity index is 2.73. The van der Waals surface area contributed by atoms with Gasteiger partial charge in [-0.05, 0) is 44.1 Å². The van der Waals surface area contributed by atoms with Gasteiger partial charge in [-0.3, -0.25) is 0 Å². The Morgan fingerprint density at radius 1 is 1.12 bits per heavy atom. The molecular formula is C12H20N2O2S. The van der Waals surface area contributed by atoms with Crippen molar-refractivity contribution in [2.24, 2.45) is 0 Å². The maximum atomic E-state index is 11.8. The molecule has 0 aromatic heterocycles. The molecule has 0 saturated heterocycles. The largest absolute Gasteiger partial charge is 0.319 e. The van der Waals surface area contributed by atoms with Gasteiger partial charge in [-0.2, -0.15) is 0 Å². The first-order valence-corrected chi connectivity index (χ1v) is 7.31. The lowest BCUT2D eigenvalue weighted by atomic mass is 10.1. The molecule has 0 aliphatic heterocycles. The molecule has 96 valence electrons. The Bertz CT molecular complexity index is 426. The fourth-order valence-electron chi connectivity index (χ4n) is 1.42. The molecule has 0 heterocycles. The fraction of sp³-hybridized carbons (Fsp3) is 0.500. The van der Waals surface area contributed by atoms with E-state index >= 15 is 0 Å². The van der Waals surface area contributed by atoms with Crippen LogP contribution in [0.3, 0.4) is 0 Å². The summed E-state index contributed by atoms with van der Waals surface area (Å²) in [5.41, 5.74) is 1.13. The summed E-state index contributed by atoms with van der Waals surface area (Å²) in [5.74, 6) is 0. The third kappa shape index (κ3) is 4.46. The molecule has 0 amide bonds.